The van der Waals surface area contributed by atoms with E-state index in [4.69, 9.17) is 16.4 Å². The van der Waals surface area contributed by atoms with Crippen LogP contribution in [-0.4, -0.2) is 5.71 Å². The minimum atomic E-state index is 0.0562. The van der Waals surface area contributed by atoms with E-state index < -0.39 is 0 Å². The van der Waals surface area contributed by atoms with Crippen LogP contribution in [0.5, 0.6) is 0 Å². The summed E-state index contributed by atoms with van der Waals surface area (Å²) < 4.78 is 6.02. The van der Waals surface area contributed by atoms with E-state index in [1.165, 1.54) is 5.56 Å². The molecule has 0 fully saturated rings. The van der Waals surface area contributed by atoms with Gasteiger partial charge in [0.25, 0.3) is 5.70 Å². The van der Waals surface area contributed by atoms with Crippen molar-refractivity contribution < 1.29 is 4.74 Å². The topological polar surface area (TPSA) is 53.0 Å². The number of rotatable bonds is 6. The van der Waals surface area contributed by atoms with E-state index in [0.29, 0.717) is 11.3 Å². The van der Waals surface area contributed by atoms with E-state index >= 15 is 0 Å². The Morgan fingerprint density at radius 1 is 1.00 bits per heavy atom. The van der Waals surface area contributed by atoms with Gasteiger partial charge in [-0.15, -0.1) is 0 Å². The predicted octanol–water partition coefficient (Wildman–Crippen LogP) is 8.21. The SMILES string of the molecule is [C-]#[N+]/C(C#N)=C1C=C(/C=C/c2ccc(N3N=C(c4ccccc4)CC3c3ccccc3)cc2)OC(C(C)C)=C/1. The van der Waals surface area contributed by atoms with Gasteiger partial charge in [0.2, 0.25) is 0 Å². The third kappa shape index (κ3) is 5.74. The molecular weight excluding hydrogens is 480 g/mol. The average Bonchev–Trinajstić information content (AvgIpc) is 3.43. The molecule has 0 aromatic heterocycles. The molecule has 0 radical (unpaired) electrons. The molecule has 3 aromatic carbocycles. The summed E-state index contributed by atoms with van der Waals surface area (Å²) in [6.45, 7) is 11.3. The van der Waals surface area contributed by atoms with Crippen molar-refractivity contribution in [1.29, 1.82) is 5.26 Å². The Hall–Kier alpha value is -5.13. The molecule has 2 aliphatic heterocycles. The zero-order valence-electron chi connectivity index (χ0n) is 22.0. The maximum Gasteiger partial charge on any atom is 0.269 e. The van der Waals surface area contributed by atoms with Gasteiger partial charge in [-0.05, 0) is 52.6 Å². The lowest BCUT2D eigenvalue weighted by Crippen LogP contribution is -2.18. The molecular formula is C34H28N4O. The van der Waals surface area contributed by atoms with Crippen molar-refractivity contribution >= 4 is 17.5 Å². The zero-order chi connectivity index (χ0) is 27.2. The standard InChI is InChI=1S/C34H28N4O/c1-24(2)34-21-28(32(23-35)36-3)20-30(39-34)19-16-25-14-17-29(18-15-25)38-33(27-12-8-5-9-13-27)22-31(37-38)26-10-6-4-7-11-26/h4-21,24,33H,22H2,1-2H3/b19-16+,32-28-. The second kappa shape index (κ2) is 11.5. The first kappa shape index (κ1) is 25.5. The number of benzene rings is 3. The maximum absolute atomic E-state index is 9.33. The number of nitrogens with zero attached hydrogens (tertiary/aromatic N) is 4. The molecule has 0 bridgehead atoms. The molecule has 0 spiro atoms. The zero-order valence-corrected chi connectivity index (χ0v) is 22.0. The lowest BCUT2D eigenvalue weighted by molar-refractivity contribution is 0.275. The van der Waals surface area contributed by atoms with Gasteiger partial charge in [-0.3, -0.25) is 5.01 Å². The number of ether oxygens (including phenoxy) is 1. The van der Waals surface area contributed by atoms with Gasteiger partial charge < -0.3 is 4.74 Å². The molecule has 2 aliphatic rings. The van der Waals surface area contributed by atoms with Crippen LogP contribution in [0.15, 0.2) is 131 Å². The fourth-order valence-electron chi connectivity index (χ4n) is 4.61. The van der Waals surface area contributed by atoms with Crippen molar-refractivity contribution in [1.82, 2.24) is 0 Å². The quantitative estimate of drug-likeness (QED) is 0.249. The predicted molar refractivity (Wildman–Crippen MR) is 156 cm³/mol. The van der Waals surface area contributed by atoms with Crippen LogP contribution in [0.3, 0.4) is 0 Å². The normalized spacial score (nSPS) is 18.1. The highest BCUT2D eigenvalue weighted by Crippen LogP contribution is 2.37. The number of nitriles is 1. The fourth-order valence-corrected chi connectivity index (χ4v) is 4.61. The second-order valence-electron chi connectivity index (χ2n) is 9.69. The number of hydrogen-bond donors (Lipinski definition) is 0. The molecule has 0 saturated heterocycles. The van der Waals surface area contributed by atoms with Crippen LogP contribution in [0.4, 0.5) is 5.69 Å². The van der Waals surface area contributed by atoms with Crippen molar-refractivity contribution in [2.45, 2.75) is 26.3 Å². The molecule has 5 heteroatoms. The first-order chi connectivity index (χ1) is 19.1. The summed E-state index contributed by atoms with van der Waals surface area (Å²) in [5.74, 6) is 1.45. The molecule has 5 nitrogen and oxygen atoms in total. The first-order valence-electron chi connectivity index (χ1n) is 12.9. The molecule has 39 heavy (non-hydrogen) atoms. The van der Waals surface area contributed by atoms with Gasteiger partial charge in [0.05, 0.1) is 30.1 Å². The molecule has 0 amide bonds. The maximum atomic E-state index is 9.33. The Kier molecular flexibility index (Phi) is 7.53. The molecule has 2 heterocycles. The van der Waals surface area contributed by atoms with Gasteiger partial charge in [0.1, 0.15) is 11.5 Å². The summed E-state index contributed by atoms with van der Waals surface area (Å²) in [4.78, 5) is 3.36. The minimum absolute atomic E-state index is 0.0562. The van der Waals surface area contributed by atoms with E-state index in [0.717, 1.165) is 34.7 Å². The fraction of sp³-hybridized carbons (Fsp3) is 0.147. The van der Waals surface area contributed by atoms with Gasteiger partial charge in [0, 0.05) is 12.3 Å². The Morgan fingerprint density at radius 3 is 2.33 bits per heavy atom. The molecule has 1 unspecified atom stereocenters. The molecule has 0 N–H and O–H groups in total. The third-order valence-electron chi connectivity index (χ3n) is 6.69. The molecule has 0 aliphatic carbocycles. The molecule has 5 rings (SSSR count). The van der Waals surface area contributed by atoms with Crippen molar-refractivity contribution in [3.8, 4) is 6.07 Å². The van der Waals surface area contributed by atoms with Gasteiger partial charge >= 0.3 is 0 Å². The van der Waals surface area contributed by atoms with Gasteiger partial charge in [-0.2, -0.15) is 5.10 Å². The number of hydrogen-bond acceptors (Lipinski definition) is 4. The largest absolute Gasteiger partial charge is 0.462 e. The monoisotopic (exact) mass is 508 g/mol. The van der Waals surface area contributed by atoms with E-state index in [-0.39, 0.29) is 17.7 Å². The van der Waals surface area contributed by atoms with Crippen LogP contribution in [0.25, 0.3) is 10.9 Å². The summed E-state index contributed by atoms with van der Waals surface area (Å²) in [5, 5.41) is 16.5. The smallest absolute Gasteiger partial charge is 0.269 e. The van der Waals surface area contributed by atoms with Crippen molar-refractivity contribution in [3.05, 3.63) is 154 Å². The lowest BCUT2D eigenvalue weighted by atomic mass is 9.98. The van der Waals surface area contributed by atoms with E-state index in [9.17, 15) is 5.26 Å². The minimum Gasteiger partial charge on any atom is -0.462 e. The Bertz CT molecular complexity index is 1560. The lowest BCUT2D eigenvalue weighted by Gasteiger charge is -2.24. The molecule has 0 saturated carbocycles. The van der Waals surface area contributed by atoms with Crippen LogP contribution in [0.1, 0.15) is 43.0 Å². The number of hydrazone groups is 1. The van der Waals surface area contributed by atoms with Crippen LogP contribution in [0.2, 0.25) is 0 Å². The van der Waals surface area contributed by atoms with E-state index in [1.807, 2.05) is 56.3 Å². The summed E-state index contributed by atoms with van der Waals surface area (Å²) in [7, 11) is 0. The van der Waals surface area contributed by atoms with Crippen molar-refractivity contribution in [2.24, 2.45) is 11.0 Å². The Morgan fingerprint density at radius 2 is 1.69 bits per heavy atom. The van der Waals surface area contributed by atoms with Gasteiger partial charge in [0.15, 0.2) is 0 Å². The highest BCUT2D eigenvalue weighted by atomic mass is 16.5. The summed E-state index contributed by atoms with van der Waals surface area (Å²) in [6.07, 6.45) is 8.19. The molecule has 190 valence electrons. The van der Waals surface area contributed by atoms with Crippen molar-refractivity contribution in [2.75, 3.05) is 5.01 Å². The van der Waals surface area contributed by atoms with E-state index in [1.54, 1.807) is 12.2 Å². The molecule has 3 aromatic rings. The van der Waals surface area contributed by atoms with E-state index in [2.05, 4.69) is 70.5 Å². The first-order valence-corrected chi connectivity index (χ1v) is 12.9. The van der Waals surface area contributed by atoms with Crippen LogP contribution >= 0.6 is 0 Å². The van der Waals surface area contributed by atoms with Gasteiger partial charge in [-0.25, -0.2) is 10.1 Å². The summed E-state index contributed by atoms with van der Waals surface area (Å²) in [5.41, 5.74) is 6.10. The Balaban J connectivity index is 1.40. The third-order valence-corrected chi connectivity index (χ3v) is 6.69. The second-order valence-corrected chi connectivity index (χ2v) is 9.69. The highest BCUT2D eigenvalue weighted by Gasteiger charge is 2.29. The van der Waals surface area contributed by atoms with Crippen LogP contribution < -0.4 is 5.01 Å². The number of allylic oxidation sites excluding steroid dienone is 6. The summed E-state index contributed by atoms with van der Waals surface area (Å²) >= 11 is 0. The highest BCUT2D eigenvalue weighted by molar-refractivity contribution is 6.03. The van der Waals surface area contributed by atoms with Gasteiger partial charge in [-0.1, -0.05) is 92.7 Å². The van der Waals surface area contributed by atoms with Crippen molar-refractivity contribution in [3.63, 3.8) is 0 Å². The van der Waals surface area contributed by atoms with Crippen LogP contribution in [0, 0.1) is 23.8 Å². The number of anilines is 1. The summed E-state index contributed by atoms with van der Waals surface area (Å²) in [6, 6.07) is 31.2. The Labute approximate surface area is 229 Å². The van der Waals surface area contributed by atoms with Crippen LogP contribution in [-0.2, 0) is 4.74 Å². The molecule has 1 atom stereocenters. The average molecular weight is 509 g/mol.